The molecule has 0 bridgehead atoms. The van der Waals surface area contributed by atoms with E-state index in [1.165, 1.54) is 0 Å². The van der Waals surface area contributed by atoms with Crippen molar-refractivity contribution in [1.29, 1.82) is 0 Å². The molecule has 0 radical (unpaired) electrons. The van der Waals surface area contributed by atoms with E-state index in [-0.39, 0.29) is 19.3 Å². The number of benzene rings is 1. The molecule has 0 aliphatic heterocycles. The number of hydrogen-bond donors (Lipinski definition) is 3. The summed E-state index contributed by atoms with van der Waals surface area (Å²) in [7, 11) is 0. The van der Waals surface area contributed by atoms with Crippen molar-refractivity contribution in [2.24, 2.45) is 0 Å². The Bertz CT molecular complexity index is 532. The third kappa shape index (κ3) is 6.27. The minimum absolute atomic E-state index is 0.0839. The van der Waals surface area contributed by atoms with Crippen molar-refractivity contribution in [2.75, 3.05) is 0 Å². The lowest BCUT2D eigenvalue weighted by atomic mass is 10.1. The van der Waals surface area contributed by atoms with Gasteiger partial charge in [-0.1, -0.05) is 29.8 Å². The first-order valence-corrected chi connectivity index (χ1v) is 6.75. The molecule has 0 aromatic heterocycles. The zero-order valence-corrected chi connectivity index (χ0v) is 12.0. The van der Waals surface area contributed by atoms with Crippen LogP contribution in [0, 0.1) is 0 Å². The molecule has 0 saturated heterocycles. The predicted molar refractivity (Wildman–Crippen MR) is 76.2 cm³/mol. The van der Waals surface area contributed by atoms with Crippen molar-refractivity contribution >= 4 is 29.4 Å². The van der Waals surface area contributed by atoms with Crippen LogP contribution in [0.15, 0.2) is 24.3 Å². The molecule has 0 aliphatic carbocycles. The number of halogens is 1. The smallest absolute Gasteiger partial charge is 0.326 e. The summed E-state index contributed by atoms with van der Waals surface area (Å²) in [6, 6.07) is 5.88. The number of hydrogen-bond acceptors (Lipinski definition) is 3. The van der Waals surface area contributed by atoms with Gasteiger partial charge in [0.2, 0.25) is 5.91 Å². The second kappa shape index (κ2) is 8.26. The van der Waals surface area contributed by atoms with Crippen LogP contribution in [0.2, 0.25) is 5.02 Å². The third-order valence-electron chi connectivity index (χ3n) is 2.86. The van der Waals surface area contributed by atoms with Crippen LogP contribution in [-0.2, 0) is 20.8 Å². The highest BCUT2D eigenvalue weighted by atomic mass is 35.5. The SMILES string of the molecule is O=C(O)CCC(NC(=O)CCc1ccccc1Cl)C(=O)O. The molecule has 6 nitrogen and oxygen atoms in total. The van der Waals surface area contributed by atoms with E-state index in [0.717, 1.165) is 5.56 Å². The maximum absolute atomic E-state index is 11.7. The van der Waals surface area contributed by atoms with Gasteiger partial charge < -0.3 is 15.5 Å². The van der Waals surface area contributed by atoms with Crippen LogP contribution in [0.5, 0.6) is 0 Å². The Morgan fingerprint density at radius 2 is 1.81 bits per heavy atom. The topological polar surface area (TPSA) is 104 Å². The number of aliphatic carboxylic acids is 2. The van der Waals surface area contributed by atoms with Gasteiger partial charge in [0.1, 0.15) is 6.04 Å². The maximum atomic E-state index is 11.7. The Balaban J connectivity index is 2.49. The minimum Gasteiger partial charge on any atom is -0.481 e. The fourth-order valence-corrected chi connectivity index (χ4v) is 1.97. The van der Waals surface area contributed by atoms with E-state index in [1.807, 2.05) is 0 Å². The van der Waals surface area contributed by atoms with Crippen molar-refractivity contribution in [3.63, 3.8) is 0 Å². The monoisotopic (exact) mass is 313 g/mol. The first-order chi connectivity index (χ1) is 9.90. The highest BCUT2D eigenvalue weighted by Gasteiger charge is 2.20. The van der Waals surface area contributed by atoms with Gasteiger partial charge in [0, 0.05) is 17.9 Å². The number of amides is 1. The highest BCUT2D eigenvalue weighted by Crippen LogP contribution is 2.16. The summed E-state index contributed by atoms with van der Waals surface area (Å²) >= 11 is 5.96. The molecule has 3 N–H and O–H groups in total. The van der Waals surface area contributed by atoms with Crippen LogP contribution in [0.4, 0.5) is 0 Å². The van der Waals surface area contributed by atoms with Gasteiger partial charge in [-0.2, -0.15) is 0 Å². The van der Waals surface area contributed by atoms with Gasteiger partial charge in [0.05, 0.1) is 0 Å². The van der Waals surface area contributed by atoms with Crippen molar-refractivity contribution < 1.29 is 24.6 Å². The first-order valence-electron chi connectivity index (χ1n) is 6.37. The Morgan fingerprint density at radius 1 is 1.14 bits per heavy atom. The lowest BCUT2D eigenvalue weighted by Crippen LogP contribution is -2.41. The van der Waals surface area contributed by atoms with Gasteiger partial charge in [0.15, 0.2) is 0 Å². The largest absolute Gasteiger partial charge is 0.481 e. The maximum Gasteiger partial charge on any atom is 0.326 e. The number of nitrogens with one attached hydrogen (secondary N) is 1. The summed E-state index contributed by atoms with van der Waals surface area (Å²) in [5.74, 6) is -2.80. The average molecular weight is 314 g/mol. The number of carboxylic acid groups (broad SMARTS) is 2. The molecule has 1 atom stereocenters. The van der Waals surface area contributed by atoms with Crippen molar-refractivity contribution in [3.8, 4) is 0 Å². The van der Waals surface area contributed by atoms with Gasteiger partial charge in [-0.15, -0.1) is 0 Å². The van der Waals surface area contributed by atoms with Crippen LogP contribution < -0.4 is 5.32 Å². The molecular weight excluding hydrogens is 298 g/mol. The second-order valence-corrected chi connectivity index (χ2v) is 4.89. The Labute approximate surface area is 126 Å². The molecule has 0 aliphatic rings. The molecule has 1 aromatic rings. The lowest BCUT2D eigenvalue weighted by molar-refractivity contribution is -0.143. The van der Waals surface area contributed by atoms with Crippen molar-refractivity contribution in [2.45, 2.75) is 31.7 Å². The normalized spacial score (nSPS) is 11.7. The molecule has 0 fully saturated rings. The predicted octanol–water partition coefficient (Wildman–Crippen LogP) is 1.71. The quantitative estimate of drug-likeness (QED) is 0.678. The summed E-state index contributed by atoms with van der Waals surface area (Å²) in [6.45, 7) is 0. The Morgan fingerprint density at radius 3 is 2.38 bits per heavy atom. The molecular formula is C14H16ClNO5. The van der Waals surface area contributed by atoms with E-state index in [2.05, 4.69) is 5.32 Å². The van der Waals surface area contributed by atoms with Gasteiger partial charge in [-0.05, 0) is 24.5 Å². The van der Waals surface area contributed by atoms with Gasteiger partial charge >= 0.3 is 11.9 Å². The molecule has 7 heteroatoms. The summed E-state index contributed by atoms with van der Waals surface area (Å²) in [4.78, 5) is 33.1. The van der Waals surface area contributed by atoms with Crippen LogP contribution in [0.1, 0.15) is 24.8 Å². The third-order valence-corrected chi connectivity index (χ3v) is 3.23. The fourth-order valence-electron chi connectivity index (χ4n) is 1.74. The zero-order chi connectivity index (χ0) is 15.8. The Hall–Kier alpha value is -2.08. The van der Waals surface area contributed by atoms with Gasteiger partial charge in [-0.25, -0.2) is 4.79 Å². The number of carbonyl (C=O) groups excluding carboxylic acids is 1. The molecule has 114 valence electrons. The van der Waals surface area contributed by atoms with Crippen molar-refractivity contribution in [3.05, 3.63) is 34.9 Å². The summed E-state index contributed by atoms with van der Waals surface area (Å²) < 4.78 is 0. The molecule has 1 rings (SSSR count). The molecule has 21 heavy (non-hydrogen) atoms. The lowest BCUT2D eigenvalue weighted by Gasteiger charge is -2.13. The van der Waals surface area contributed by atoms with Gasteiger partial charge in [0.25, 0.3) is 0 Å². The number of carboxylic acids is 2. The van der Waals surface area contributed by atoms with E-state index < -0.39 is 23.9 Å². The zero-order valence-electron chi connectivity index (χ0n) is 11.2. The highest BCUT2D eigenvalue weighted by molar-refractivity contribution is 6.31. The number of carbonyl (C=O) groups is 3. The first kappa shape index (κ1) is 17.0. The van der Waals surface area contributed by atoms with E-state index in [9.17, 15) is 14.4 Å². The summed E-state index contributed by atoms with van der Waals surface area (Å²) in [5.41, 5.74) is 0.798. The summed E-state index contributed by atoms with van der Waals surface area (Å²) in [5, 5.41) is 20.3. The minimum atomic E-state index is -1.25. The van der Waals surface area contributed by atoms with Crippen LogP contribution in [0.3, 0.4) is 0 Å². The standard InChI is InChI=1S/C14H16ClNO5/c15-10-4-2-1-3-9(10)5-7-12(17)16-11(14(20)21)6-8-13(18)19/h1-4,11H,5-8H2,(H,16,17)(H,18,19)(H,20,21). The molecule has 0 heterocycles. The molecule has 0 saturated carbocycles. The number of aryl methyl sites for hydroxylation is 1. The van der Waals surface area contributed by atoms with E-state index in [0.29, 0.717) is 11.4 Å². The summed E-state index contributed by atoms with van der Waals surface area (Å²) in [6.07, 6.45) is 0.00161. The van der Waals surface area contributed by atoms with Crippen LogP contribution in [0.25, 0.3) is 0 Å². The molecule has 1 aromatic carbocycles. The van der Waals surface area contributed by atoms with E-state index in [4.69, 9.17) is 21.8 Å². The molecule has 0 spiro atoms. The van der Waals surface area contributed by atoms with E-state index >= 15 is 0 Å². The molecule has 1 unspecified atom stereocenters. The molecule has 1 amide bonds. The van der Waals surface area contributed by atoms with Crippen LogP contribution >= 0.6 is 11.6 Å². The van der Waals surface area contributed by atoms with Crippen LogP contribution in [-0.4, -0.2) is 34.1 Å². The second-order valence-electron chi connectivity index (χ2n) is 4.48. The van der Waals surface area contributed by atoms with E-state index in [1.54, 1.807) is 24.3 Å². The number of rotatable bonds is 8. The fraction of sp³-hybridized carbons (Fsp3) is 0.357. The van der Waals surface area contributed by atoms with Gasteiger partial charge in [-0.3, -0.25) is 9.59 Å². The van der Waals surface area contributed by atoms with Crippen molar-refractivity contribution in [1.82, 2.24) is 5.32 Å². The Kier molecular flexibility index (Phi) is 6.68. The average Bonchev–Trinajstić information content (AvgIpc) is 2.42.